The molecule has 1 heterocycles. The van der Waals surface area contributed by atoms with Crippen LogP contribution in [-0.4, -0.2) is 31.2 Å². The van der Waals surface area contributed by atoms with E-state index in [0.717, 1.165) is 33.7 Å². The van der Waals surface area contributed by atoms with Crippen LogP contribution in [0.4, 0.5) is 0 Å². The second-order valence-corrected chi connectivity index (χ2v) is 7.40. The monoisotopic (exact) mass is 390 g/mol. The summed E-state index contributed by atoms with van der Waals surface area (Å²) in [4.78, 5) is 10.1. The number of nitrogens with zero attached hydrogens (tertiary/aromatic N) is 2. The van der Waals surface area contributed by atoms with Gasteiger partial charge < -0.3 is 20.1 Å². The fraction of sp³-hybridized carbons (Fsp3) is 0.500. The molecule has 1 unspecified atom stereocenters. The summed E-state index contributed by atoms with van der Waals surface area (Å²) in [7, 11) is 1.77. The van der Waals surface area contributed by atoms with Crippen molar-refractivity contribution in [2.45, 2.75) is 47.2 Å². The van der Waals surface area contributed by atoms with Crippen LogP contribution in [0.1, 0.15) is 48.0 Å². The Balaban J connectivity index is 2.02. The van der Waals surface area contributed by atoms with Gasteiger partial charge in [0.2, 0.25) is 0 Å². The zero-order valence-electron chi connectivity index (χ0n) is 17.0. The van der Waals surface area contributed by atoms with Crippen molar-refractivity contribution in [2.24, 2.45) is 4.99 Å². The van der Waals surface area contributed by atoms with Crippen molar-refractivity contribution in [1.29, 1.82) is 0 Å². The minimum atomic E-state index is 0.0610. The average Bonchev–Trinajstić information content (AvgIpc) is 2.98. The maximum Gasteiger partial charge on any atom is 0.191 e. The van der Waals surface area contributed by atoms with Crippen molar-refractivity contribution < 1.29 is 9.47 Å². The molecule has 1 aromatic heterocycles. The lowest BCUT2D eigenvalue weighted by Crippen LogP contribution is -2.38. The Kier molecular flexibility index (Phi) is 7.91. The third-order valence-corrected chi connectivity index (χ3v) is 5.20. The molecule has 0 fully saturated rings. The second kappa shape index (κ2) is 10.2. The van der Waals surface area contributed by atoms with Crippen LogP contribution >= 0.6 is 11.3 Å². The summed E-state index contributed by atoms with van der Waals surface area (Å²) < 4.78 is 11.4. The number of benzene rings is 1. The summed E-state index contributed by atoms with van der Waals surface area (Å²) in [5.41, 5.74) is 2.19. The van der Waals surface area contributed by atoms with Crippen molar-refractivity contribution in [3.63, 3.8) is 0 Å². The van der Waals surface area contributed by atoms with E-state index in [4.69, 9.17) is 9.47 Å². The van der Waals surface area contributed by atoms with Gasteiger partial charge in [-0.05, 0) is 52.3 Å². The molecule has 0 aliphatic rings. The molecule has 6 nitrogen and oxygen atoms in total. The van der Waals surface area contributed by atoms with Gasteiger partial charge in [0, 0.05) is 11.9 Å². The van der Waals surface area contributed by atoms with E-state index in [1.165, 1.54) is 4.88 Å². The molecule has 0 bridgehead atoms. The molecule has 0 radical (unpaired) electrons. The molecule has 148 valence electrons. The van der Waals surface area contributed by atoms with Crippen LogP contribution < -0.4 is 20.1 Å². The lowest BCUT2D eigenvalue weighted by molar-refractivity contribution is 0.287. The number of aromatic nitrogens is 1. The van der Waals surface area contributed by atoms with Gasteiger partial charge in [-0.15, -0.1) is 11.3 Å². The molecular weight excluding hydrogens is 360 g/mol. The van der Waals surface area contributed by atoms with Crippen molar-refractivity contribution in [3.05, 3.63) is 39.3 Å². The van der Waals surface area contributed by atoms with Gasteiger partial charge in [0.1, 0.15) is 5.01 Å². The highest BCUT2D eigenvalue weighted by Gasteiger charge is 2.13. The molecular formula is C20H30N4O2S. The van der Waals surface area contributed by atoms with E-state index in [2.05, 4.69) is 34.5 Å². The molecule has 1 atom stereocenters. The molecule has 2 rings (SSSR count). The van der Waals surface area contributed by atoms with E-state index in [9.17, 15) is 0 Å². The van der Waals surface area contributed by atoms with Gasteiger partial charge in [-0.3, -0.25) is 4.99 Å². The van der Waals surface area contributed by atoms with Crippen molar-refractivity contribution in [3.8, 4) is 11.5 Å². The van der Waals surface area contributed by atoms with Gasteiger partial charge in [-0.25, -0.2) is 4.98 Å². The van der Waals surface area contributed by atoms with Crippen LogP contribution in [-0.2, 0) is 6.54 Å². The summed E-state index contributed by atoms with van der Waals surface area (Å²) >= 11 is 1.71. The van der Waals surface area contributed by atoms with Gasteiger partial charge >= 0.3 is 0 Å². The molecule has 0 saturated carbocycles. The maximum atomic E-state index is 5.72. The SMILES string of the molecule is CCOc1ccc(C(C)NC(=NC)NCc2nc(C)c(C)s2)cc1OCC. The lowest BCUT2D eigenvalue weighted by Gasteiger charge is -2.19. The van der Waals surface area contributed by atoms with Gasteiger partial charge in [-0.2, -0.15) is 0 Å². The summed E-state index contributed by atoms with van der Waals surface area (Å²) in [6.45, 7) is 12.0. The number of ether oxygens (including phenoxy) is 2. The molecule has 2 N–H and O–H groups in total. The first-order valence-corrected chi connectivity index (χ1v) is 10.1. The second-order valence-electron chi connectivity index (χ2n) is 6.11. The van der Waals surface area contributed by atoms with E-state index in [1.807, 2.05) is 39.0 Å². The smallest absolute Gasteiger partial charge is 0.191 e. The van der Waals surface area contributed by atoms with Crippen LogP contribution in [0.2, 0.25) is 0 Å². The van der Waals surface area contributed by atoms with Gasteiger partial charge in [-0.1, -0.05) is 6.07 Å². The molecule has 0 amide bonds. The number of nitrogens with one attached hydrogen (secondary N) is 2. The fourth-order valence-electron chi connectivity index (χ4n) is 2.59. The van der Waals surface area contributed by atoms with Crippen LogP contribution in [0.15, 0.2) is 23.2 Å². The maximum absolute atomic E-state index is 5.72. The van der Waals surface area contributed by atoms with E-state index in [0.29, 0.717) is 19.8 Å². The number of thiazole rings is 1. The highest BCUT2D eigenvalue weighted by atomic mass is 32.1. The quantitative estimate of drug-likeness (QED) is 0.527. The van der Waals surface area contributed by atoms with Gasteiger partial charge in [0.25, 0.3) is 0 Å². The van der Waals surface area contributed by atoms with Gasteiger partial charge in [0.05, 0.1) is 31.5 Å². The Bertz CT molecular complexity index is 754. The normalized spacial score (nSPS) is 12.6. The third-order valence-electron chi connectivity index (χ3n) is 4.12. The first kappa shape index (κ1) is 21.0. The zero-order valence-corrected chi connectivity index (χ0v) is 17.9. The van der Waals surface area contributed by atoms with Crippen molar-refractivity contribution >= 4 is 17.3 Å². The molecule has 1 aromatic carbocycles. The largest absolute Gasteiger partial charge is 0.490 e. The Hall–Kier alpha value is -2.28. The van der Waals surface area contributed by atoms with Crippen LogP contribution in [0.25, 0.3) is 0 Å². The standard InChI is InChI=1S/C20H30N4O2S/c1-7-25-17-10-9-16(11-18(17)26-8-2)14(4)24-20(21-6)22-12-19-23-13(3)15(5)27-19/h9-11,14H,7-8,12H2,1-6H3,(H2,21,22,24). The Morgan fingerprint density at radius 2 is 1.89 bits per heavy atom. The molecule has 0 spiro atoms. The van der Waals surface area contributed by atoms with E-state index < -0.39 is 0 Å². The first-order valence-electron chi connectivity index (χ1n) is 9.28. The van der Waals surface area contributed by atoms with Crippen LogP contribution in [0.3, 0.4) is 0 Å². The Labute approximate surface area is 166 Å². The predicted octanol–water partition coefficient (Wildman–Crippen LogP) is 3.98. The van der Waals surface area contributed by atoms with E-state index >= 15 is 0 Å². The summed E-state index contributed by atoms with van der Waals surface area (Å²) in [6.07, 6.45) is 0. The zero-order chi connectivity index (χ0) is 19.8. The first-order chi connectivity index (χ1) is 13.0. The number of guanidine groups is 1. The summed E-state index contributed by atoms with van der Waals surface area (Å²) in [5.74, 6) is 2.27. The third kappa shape index (κ3) is 5.85. The molecule has 0 saturated heterocycles. The lowest BCUT2D eigenvalue weighted by atomic mass is 10.1. The summed E-state index contributed by atoms with van der Waals surface area (Å²) in [5, 5.41) is 7.80. The molecule has 27 heavy (non-hydrogen) atoms. The van der Waals surface area contributed by atoms with E-state index in [1.54, 1.807) is 18.4 Å². The van der Waals surface area contributed by atoms with Crippen molar-refractivity contribution in [1.82, 2.24) is 15.6 Å². The average molecular weight is 391 g/mol. The fourth-order valence-corrected chi connectivity index (χ4v) is 3.47. The molecule has 0 aliphatic heterocycles. The highest BCUT2D eigenvalue weighted by molar-refractivity contribution is 7.11. The number of rotatable bonds is 8. The Morgan fingerprint density at radius 3 is 2.48 bits per heavy atom. The van der Waals surface area contributed by atoms with E-state index in [-0.39, 0.29) is 6.04 Å². The molecule has 7 heteroatoms. The minimum Gasteiger partial charge on any atom is -0.490 e. The highest BCUT2D eigenvalue weighted by Crippen LogP contribution is 2.30. The number of aliphatic imine (C=N–C) groups is 1. The minimum absolute atomic E-state index is 0.0610. The Morgan fingerprint density at radius 1 is 1.19 bits per heavy atom. The topological polar surface area (TPSA) is 67.8 Å². The predicted molar refractivity (Wildman–Crippen MR) is 112 cm³/mol. The molecule has 2 aromatic rings. The van der Waals surface area contributed by atoms with Crippen LogP contribution in [0, 0.1) is 13.8 Å². The number of aryl methyl sites for hydroxylation is 2. The number of hydrogen-bond acceptors (Lipinski definition) is 5. The molecule has 0 aliphatic carbocycles. The number of hydrogen-bond donors (Lipinski definition) is 2. The van der Waals surface area contributed by atoms with Gasteiger partial charge in [0.15, 0.2) is 17.5 Å². The van der Waals surface area contributed by atoms with Crippen molar-refractivity contribution in [2.75, 3.05) is 20.3 Å². The summed E-state index contributed by atoms with van der Waals surface area (Å²) in [6, 6.07) is 6.09. The van der Waals surface area contributed by atoms with Crippen LogP contribution in [0.5, 0.6) is 11.5 Å².